The highest BCUT2D eigenvalue weighted by atomic mass is 16.5. The molecule has 2 aromatic carbocycles. The topological polar surface area (TPSA) is 74.4 Å². The van der Waals surface area contributed by atoms with Gasteiger partial charge in [0.2, 0.25) is 0 Å². The van der Waals surface area contributed by atoms with Crippen molar-refractivity contribution < 1.29 is 14.3 Å². The van der Waals surface area contributed by atoms with E-state index in [0.717, 1.165) is 33.3 Å². The number of rotatable bonds is 6. The third-order valence-corrected chi connectivity index (χ3v) is 4.98. The number of H-pyrrole nitrogens is 1. The van der Waals surface area contributed by atoms with Crippen molar-refractivity contribution in [2.75, 3.05) is 13.2 Å². The molecule has 1 aliphatic rings. The van der Waals surface area contributed by atoms with Gasteiger partial charge in [0, 0.05) is 23.5 Å². The summed E-state index contributed by atoms with van der Waals surface area (Å²) in [7, 11) is 0. The SMILES string of the molecule is Cc1cc(C)cc(OCCN2C(=O)NC(Cc3c[nH]c4ccccc34)C2=O)c1. The quantitative estimate of drug-likeness (QED) is 0.647. The van der Waals surface area contributed by atoms with Gasteiger partial charge < -0.3 is 15.0 Å². The van der Waals surface area contributed by atoms with Gasteiger partial charge in [0.25, 0.3) is 5.91 Å². The van der Waals surface area contributed by atoms with Gasteiger partial charge in [0.15, 0.2) is 0 Å². The molecule has 0 spiro atoms. The number of para-hydroxylation sites is 1. The lowest BCUT2D eigenvalue weighted by molar-refractivity contribution is -0.127. The van der Waals surface area contributed by atoms with Gasteiger partial charge in [0.1, 0.15) is 18.4 Å². The minimum atomic E-state index is -0.548. The average Bonchev–Trinajstić information content (AvgIpc) is 3.17. The van der Waals surface area contributed by atoms with Crippen molar-refractivity contribution >= 4 is 22.8 Å². The molecule has 0 saturated carbocycles. The smallest absolute Gasteiger partial charge is 0.324 e. The van der Waals surface area contributed by atoms with E-state index in [2.05, 4.69) is 16.4 Å². The van der Waals surface area contributed by atoms with Crippen molar-refractivity contribution in [3.8, 4) is 5.75 Å². The summed E-state index contributed by atoms with van der Waals surface area (Å²) in [5, 5.41) is 3.86. The first-order valence-corrected chi connectivity index (χ1v) is 9.39. The number of ether oxygens (including phenoxy) is 1. The average molecular weight is 377 g/mol. The Morgan fingerprint density at radius 1 is 1.07 bits per heavy atom. The molecular weight excluding hydrogens is 354 g/mol. The van der Waals surface area contributed by atoms with Crippen molar-refractivity contribution in [1.29, 1.82) is 0 Å². The van der Waals surface area contributed by atoms with Crippen LogP contribution in [0.4, 0.5) is 4.79 Å². The Labute approximate surface area is 163 Å². The van der Waals surface area contributed by atoms with E-state index in [4.69, 9.17) is 4.74 Å². The molecule has 1 atom stereocenters. The van der Waals surface area contributed by atoms with Crippen LogP contribution in [0.25, 0.3) is 10.9 Å². The van der Waals surface area contributed by atoms with Gasteiger partial charge in [-0.25, -0.2) is 4.79 Å². The zero-order valence-corrected chi connectivity index (χ0v) is 16.0. The number of aryl methyl sites for hydroxylation is 2. The lowest BCUT2D eigenvalue weighted by atomic mass is 10.1. The fourth-order valence-electron chi connectivity index (χ4n) is 3.72. The van der Waals surface area contributed by atoms with E-state index in [-0.39, 0.29) is 25.1 Å². The Bertz CT molecular complexity index is 1020. The number of hydrogen-bond acceptors (Lipinski definition) is 3. The third kappa shape index (κ3) is 3.58. The minimum absolute atomic E-state index is 0.209. The van der Waals surface area contributed by atoms with Crippen LogP contribution in [0.1, 0.15) is 16.7 Å². The summed E-state index contributed by atoms with van der Waals surface area (Å²) >= 11 is 0. The largest absolute Gasteiger partial charge is 0.492 e. The van der Waals surface area contributed by atoms with Crippen LogP contribution in [0.5, 0.6) is 5.75 Å². The lowest BCUT2D eigenvalue weighted by Gasteiger charge is -2.14. The van der Waals surface area contributed by atoms with Gasteiger partial charge in [-0.15, -0.1) is 0 Å². The Balaban J connectivity index is 1.38. The number of imide groups is 1. The first kappa shape index (κ1) is 18.1. The van der Waals surface area contributed by atoms with Gasteiger partial charge in [0.05, 0.1) is 6.54 Å². The van der Waals surface area contributed by atoms with Crippen molar-refractivity contribution in [1.82, 2.24) is 15.2 Å². The summed E-state index contributed by atoms with van der Waals surface area (Å²) in [5.74, 6) is 0.541. The number of nitrogens with zero attached hydrogens (tertiary/aromatic N) is 1. The zero-order chi connectivity index (χ0) is 19.7. The predicted molar refractivity (Wildman–Crippen MR) is 107 cm³/mol. The van der Waals surface area contributed by atoms with Gasteiger partial charge in [-0.05, 0) is 48.7 Å². The van der Waals surface area contributed by atoms with Crippen LogP contribution in [0.15, 0.2) is 48.7 Å². The number of nitrogens with one attached hydrogen (secondary N) is 2. The minimum Gasteiger partial charge on any atom is -0.492 e. The van der Waals surface area contributed by atoms with Crippen molar-refractivity contribution in [3.63, 3.8) is 0 Å². The monoisotopic (exact) mass is 377 g/mol. The van der Waals surface area contributed by atoms with Crippen molar-refractivity contribution in [2.24, 2.45) is 0 Å². The number of aromatic amines is 1. The normalized spacial score (nSPS) is 16.6. The summed E-state index contributed by atoms with van der Waals surface area (Å²) in [5.41, 5.74) is 4.27. The Kier molecular flexibility index (Phi) is 4.77. The summed E-state index contributed by atoms with van der Waals surface area (Å²) in [6.45, 7) is 4.50. The van der Waals surface area contributed by atoms with E-state index in [0.29, 0.717) is 6.42 Å². The van der Waals surface area contributed by atoms with Crippen LogP contribution in [0.3, 0.4) is 0 Å². The maximum Gasteiger partial charge on any atom is 0.324 e. The van der Waals surface area contributed by atoms with Crippen LogP contribution in [-0.4, -0.2) is 41.0 Å². The molecule has 2 heterocycles. The second kappa shape index (κ2) is 7.38. The molecule has 3 amide bonds. The van der Waals surface area contributed by atoms with Gasteiger partial charge in [-0.3, -0.25) is 9.69 Å². The fourth-order valence-corrected chi connectivity index (χ4v) is 3.72. The Morgan fingerprint density at radius 2 is 1.82 bits per heavy atom. The number of fused-ring (bicyclic) bond motifs is 1. The summed E-state index contributed by atoms with van der Waals surface area (Å²) in [4.78, 5) is 29.4. The number of carbonyl (C=O) groups is 2. The molecule has 28 heavy (non-hydrogen) atoms. The highest BCUT2D eigenvalue weighted by molar-refractivity contribution is 6.04. The van der Waals surface area contributed by atoms with Crippen molar-refractivity contribution in [3.05, 3.63) is 65.4 Å². The summed E-state index contributed by atoms with van der Waals surface area (Å²) in [6.07, 6.45) is 2.36. The highest BCUT2D eigenvalue weighted by Gasteiger charge is 2.37. The molecule has 0 aliphatic carbocycles. The van der Waals surface area contributed by atoms with Crippen LogP contribution >= 0.6 is 0 Å². The number of hydrogen-bond donors (Lipinski definition) is 2. The summed E-state index contributed by atoms with van der Waals surface area (Å²) in [6, 6.07) is 13.0. The first-order chi connectivity index (χ1) is 13.5. The number of aromatic nitrogens is 1. The molecule has 144 valence electrons. The first-order valence-electron chi connectivity index (χ1n) is 9.39. The van der Waals surface area contributed by atoms with Crippen LogP contribution in [0.2, 0.25) is 0 Å². The van der Waals surface area contributed by atoms with Gasteiger partial charge in [-0.2, -0.15) is 0 Å². The number of urea groups is 1. The van der Waals surface area contributed by atoms with E-state index < -0.39 is 6.04 Å². The number of amides is 3. The lowest BCUT2D eigenvalue weighted by Crippen LogP contribution is -2.35. The molecule has 3 aromatic rings. The molecule has 1 aliphatic heterocycles. The van der Waals surface area contributed by atoms with E-state index >= 15 is 0 Å². The van der Waals surface area contributed by atoms with Gasteiger partial charge in [-0.1, -0.05) is 24.3 Å². The molecule has 1 aromatic heterocycles. The molecule has 1 fully saturated rings. The number of carbonyl (C=O) groups excluding carboxylic acids is 2. The Hall–Kier alpha value is -3.28. The molecule has 6 heteroatoms. The maximum absolute atomic E-state index is 12.7. The van der Waals surface area contributed by atoms with E-state index in [9.17, 15) is 9.59 Å². The molecule has 6 nitrogen and oxygen atoms in total. The summed E-state index contributed by atoms with van der Waals surface area (Å²) < 4.78 is 5.75. The van der Waals surface area contributed by atoms with Crippen LogP contribution in [-0.2, 0) is 11.2 Å². The second-order valence-electron chi connectivity index (χ2n) is 7.23. The van der Waals surface area contributed by atoms with Crippen molar-refractivity contribution in [2.45, 2.75) is 26.3 Å². The van der Waals surface area contributed by atoms with E-state index in [1.165, 1.54) is 4.90 Å². The maximum atomic E-state index is 12.7. The van der Waals surface area contributed by atoms with E-state index in [1.54, 1.807) is 0 Å². The molecule has 0 bridgehead atoms. The van der Waals surface area contributed by atoms with Crippen LogP contribution in [0, 0.1) is 13.8 Å². The fraction of sp³-hybridized carbons (Fsp3) is 0.273. The molecule has 0 radical (unpaired) electrons. The molecular formula is C22H23N3O3. The van der Waals surface area contributed by atoms with E-state index in [1.807, 2.05) is 56.4 Å². The van der Waals surface area contributed by atoms with Crippen LogP contribution < -0.4 is 10.1 Å². The molecule has 2 N–H and O–H groups in total. The predicted octanol–water partition coefficient (Wildman–Crippen LogP) is 3.33. The zero-order valence-electron chi connectivity index (χ0n) is 16.0. The standard InChI is InChI=1S/C22H23N3O3/c1-14-9-15(2)11-17(10-14)28-8-7-25-21(26)20(24-22(25)27)12-16-13-23-19-6-4-3-5-18(16)19/h3-6,9-11,13,20,23H,7-8,12H2,1-2H3,(H,24,27). The highest BCUT2D eigenvalue weighted by Crippen LogP contribution is 2.21. The van der Waals surface area contributed by atoms with Gasteiger partial charge >= 0.3 is 6.03 Å². The number of benzene rings is 2. The molecule has 1 saturated heterocycles. The Morgan fingerprint density at radius 3 is 2.61 bits per heavy atom. The second-order valence-corrected chi connectivity index (χ2v) is 7.23. The molecule has 4 rings (SSSR count). The molecule has 1 unspecified atom stereocenters. The third-order valence-electron chi connectivity index (χ3n) is 4.98.